The highest BCUT2D eigenvalue weighted by Gasteiger charge is 2.07. The first-order valence-electron chi connectivity index (χ1n) is 7.02. The molecule has 3 N–H and O–H groups in total. The minimum absolute atomic E-state index is 0.0916. The molecule has 0 aromatic heterocycles. The van der Waals surface area contributed by atoms with E-state index in [-0.39, 0.29) is 5.91 Å². The van der Waals surface area contributed by atoms with E-state index >= 15 is 0 Å². The van der Waals surface area contributed by atoms with E-state index in [4.69, 9.17) is 5.73 Å². The predicted octanol–water partition coefficient (Wildman–Crippen LogP) is 2.18. The summed E-state index contributed by atoms with van der Waals surface area (Å²) in [4.78, 5) is 13.6. The van der Waals surface area contributed by atoms with Crippen molar-refractivity contribution >= 4 is 17.3 Å². The average Bonchev–Trinajstić information content (AvgIpc) is 2.40. The Hall–Kier alpha value is -1.71. The van der Waals surface area contributed by atoms with Gasteiger partial charge in [-0.2, -0.15) is 0 Å². The minimum Gasteiger partial charge on any atom is -0.397 e. The van der Waals surface area contributed by atoms with Gasteiger partial charge in [0.2, 0.25) is 5.91 Å². The summed E-state index contributed by atoms with van der Waals surface area (Å²) in [5.41, 5.74) is 9.07. The number of nitrogens with zero attached hydrogens (tertiary/aromatic N) is 1. The van der Waals surface area contributed by atoms with Crippen molar-refractivity contribution in [2.75, 3.05) is 30.3 Å². The van der Waals surface area contributed by atoms with Crippen molar-refractivity contribution in [2.24, 2.45) is 0 Å². The van der Waals surface area contributed by atoms with Gasteiger partial charge in [-0.05, 0) is 44.9 Å². The first-order valence-corrected chi connectivity index (χ1v) is 7.02. The number of aryl methyl sites for hydroxylation is 1. The summed E-state index contributed by atoms with van der Waals surface area (Å²) < 4.78 is 0. The normalized spacial score (nSPS) is 10.3. The van der Waals surface area contributed by atoms with Crippen LogP contribution in [0.1, 0.15) is 32.8 Å². The van der Waals surface area contributed by atoms with Gasteiger partial charge in [0.1, 0.15) is 0 Å². The first-order chi connectivity index (χ1) is 9.12. The van der Waals surface area contributed by atoms with E-state index in [1.165, 1.54) is 0 Å². The molecule has 0 heterocycles. The van der Waals surface area contributed by atoms with Crippen molar-refractivity contribution in [1.82, 2.24) is 5.32 Å². The Kier molecular flexibility index (Phi) is 6.19. The van der Waals surface area contributed by atoms with Gasteiger partial charge in [0.15, 0.2) is 0 Å². The summed E-state index contributed by atoms with van der Waals surface area (Å²) >= 11 is 0. The lowest BCUT2D eigenvalue weighted by molar-refractivity contribution is -0.120. The molecule has 0 unspecified atom stereocenters. The Labute approximate surface area is 116 Å². The van der Waals surface area contributed by atoms with Crippen LogP contribution < -0.4 is 16.0 Å². The summed E-state index contributed by atoms with van der Waals surface area (Å²) in [5.74, 6) is 0.0916. The molecule has 0 spiro atoms. The molecule has 0 fully saturated rings. The number of nitrogens with one attached hydrogen (secondary N) is 1. The number of rotatable bonds is 7. The van der Waals surface area contributed by atoms with E-state index in [0.717, 1.165) is 36.4 Å². The molecular formula is C15H25N3O. The van der Waals surface area contributed by atoms with Crippen molar-refractivity contribution in [1.29, 1.82) is 0 Å². The van der Waals surface area contributed by atoms with Crippen LogP contribution in [0.2, 0.25) is 0 Å². The Morgan fingerprint density at radius 3 is 2.47 bits per heavy atom. The molecule has 0 bridgehead atoms. The number of amides is 1. The Balaban J connectivity index is 2.68. The fraction of sp³-hybridized carbons (Fsp3) is 0.533. The lowest BCUT2D eigenvalue weighted by Gasteiger charge is -2.23. The van der Waals surface area contributed by atoms with Crippen molar-refractivity contribution in [2.45, 2.75) is 33.6 Å². The zero-order valence-corrected chi connectivity index (χ0v) is 12.2. The molecule has 1 rings (SSSR count). The topological polar surface area (TPSA) is 58.4 Å². The van der Waals surface area contributed by atoms with Gasteiger partial charge in [0, 0.05) is 26.1 Å². The fourth-order valence-electron chi connectivity index (χ4n) is 2.16. The summed E-state index contributed by atoms with van der Waals surface area (Å²) in [5, 5.41) is 2.80. The number of carbonyl (C=O) groups excluding carboxylic acids is 1. The van der Waals surface area contributed by atoms with E-state index in [0.29, 0.717) is 13.0 Å². The molecule has 0 aliphatic heterocycles. The van der Waals surface area contributed by atoms with Crippen molar-refractivity contribution < 1.29 is 4.79 Å². The van der Waals surface area contributed by atoms with Gasteiger partial charge in [0.25, 0.3) is 0 Å². The maximum absolute atomic E-state index is 11.4. The molecule has 0 atom stereocenters. The Morgan fingerprint density at radius 2 is 1.95 bits per heavy atom. The number of hydrogen-bond donors (Lipinski definition) is 2. The number of anilines is 2. The molecule has 0 saturated carbocycles. The Morgan fingerprint density at radius 1 is 1.26 bits per heavy atom. The Bertz CT molecular complexity index is 414. The molecular weight excluding hydrogens is 238 g/mol. The molecule has 4 nitrogen and oxygen atoms in total. The van der Waals surface area contributed by atoms with Gasteiger partial charge >= 0.3 is 0 Å². The number of benzene rings is 1. The predicted molar refractivity (Wildman–Crippen MR) is 81.4 cm³/mol. The van der Waals surface area contributed by atoms with E-state index in [1.807, 2.05) is 13.0 Å². The monoisotopic (exact) mass is 263 g/mol. The van der Waals surface area contributed by atoms with Crippen LogP contribution in [0.4, 0.5) is 11.4 Å². The maximum atomic E-state index is 11.4. The lowest BCUT2D eigenvalue weighted by atomic mass is 10.1. The van der Waals surface area contributed by atoms with Crippen LogP contribution in [0.5, 0.6) is 0 Å². The average molecular weight is 263 g/mol. The zero-order valence-electron chi connectivity index (χ0n) is 12.2. The molecule has 1 aromatic rings. The third-order valence-electron chi connectivity index (χ3n) is 3.21. The van der Waals surface area contributed by atoms with E-state index in [1.54, 1.807) is 0 Å². The van der Waals surface area contributed by atoms with Crippen LogP contribution in [0.3, 0.4) is 0 Å². The molecule has 4 heteroatoms. The number of nitrogen functional groups attached to an aromatic ring is 1. The van der Waals surface area contributed by atoms with Crippen LogP contribution in [0.25, 0.3) is 0 Å². The smallest absolute Gasteiger partial charge is 0.220 e. The standard InChI is InChI=1S/C15H25N3O/c1-4-17-15(19)10-8-12-7-9-14(13(16)11-12)18(5-2)6-3/h7,9,11H,4-6,8,10,16H2,1-3H3,(H,17,19). The summed E-state index contributed by atoms with van der Waals surface area (Å²) in [6.45, 7) is 8.73. The van der Waals surface area contributed by atoms with Crippen LogP contribution in [0.15, 0.2) is 18.2 Å². The quantitative estimate of drug-likeness (QED) is 0.741. The second-order valence-corrected chi connectivity index (χ2v) is 4.52. The third-order valence-corrected chi connectivity index (χ3v) is 3.21. The number of carbonyl (C=O) groups is 1. The van der Waals surface area contributed by atoms with Crippen molar-refractivity contribution in [3.8, 4) is 0 Å². The molecule has 0 radical (unpaired) electrons. The van der Waals surface area contributed by atoms with Gasteiger partial charge in [-0.1, -0.05) is 6.07 Å². The van der Waals surface area contributed by atoms with Crippen LogP contribution in [-0.4, -0.2) is 25.5 Å². The van der Waals surface area contributed by atoms with Crippen molar-refractivity contribution in [3.05, 3.63) is 23.8 Å². The largest absolute Gasteiger partial charge is 0.397 e. The highest BCUT2D eigenvalue weighted by Crippen LogP contribution is 2.24. The molecule has 19 heavy (non-hydrogen) atoms. The zero-order chi connectivity index (χ0) is 14.3. The third kappa shape index (κ3) is 4.47. The summed E-state index contributed by atoms with van der Waals surface area (Å²) in [6, 6.07) is 6.09. The molecule has 0 aliphatic rings. The molecule has 1 amide bonds. The van der Waals surface area contributed by atoms with Crippen LogP contribution in [-0.2, 0) is 11.2 Å². The summed E-state index contributed by atoms with van der Waals surface area (Å²) in [7, 11) is 0. The fourth-order valence-corrected chi connectivity index (χ4v) is 2.16. The van der Waals surface area contributed by atoms with E-state index in [2.05, 4.69) is 36.2 Å². The summed E-state index contributed by atoms with van der Waals surface area (Å²) in [6.07, 6.45) is 1.24. The maximum Gasteiger partial charge on any atom is 0.220 e. The second-order valence-electron chi connectivity index (χ2n) is 4.52. The number of nitrogens with two attached hydrogens (primary N) is 1. The molecule has 0 aliphatic carbocycles. The van der Waals surface area contributed by atoms with Crippen LogP contribution >= 0.6 is 0 Å². The van der Waals surface area contributed by atoms with Gasteiger partial charge in [-0.25, -0.2) is 0 Å². The van der Waals surface area contributed by atoms with Gasteiger partial charge in [-0.3, -0.25) is 4.79 Å². The molecule has 106 valence electrons. The molecule has 1 aromatic carbocycles. The lowest BCUT2D eigenvalue weighted by Crippen LogP contribution is -2.23. The first kappa shape index (κ1) is 15.3. The van der Waals surface area contributed by atoms with Gasteiger partial charge < -0.3 is 16.0 Å². The highest BCUT2D eigenvalue weighted by atomic mass is 16.1. The highest BCUT2D eigenvalue weighted by molar-refractivity contribution is 5.76. The van der Waals surface area contributed by atoms with Gasteiger partial charge in [0.05, 0.1) is 11.4 Å². The number of hydrogen-bond acceptors (Lipinski definition) is 3. The van der Waals surface area contributed by atoms with E-state index in [9.17, 15) is 4.79 Å². The molecule has 0 saturated heterocycles. The van der Waals surface area contributed by atoms with E-state index < -0.39 is 0 Å². The van der Waals surface area contributed by atoms with Crippen molar-refractivity contribution in [3.63, 3.8) is 0 Å². The minimum atomic E-state index is 0.0916. The van der Waals surface area contributed by atoms with Gasteiger partial charge in [-0.15, -0.1) is 0 Å². The second kappa shape index (κ2) is 7.67. The SMILES string of the molecule is CCNC(=O)CCc1ccc(N(CC)CC)c(N)c1. The van der Waals surface area contributed by atoms with Crippen LogP contribution in [0, 0.1) is 0 Å².